The molecule has 2 saturated heterocycles. The van der Waals surface area contributed by atoms with Crippen molar-refractivity contribution in [3.8, 4) is 0 Å². The van der Waals surface area contributed by atoms with E-state index in [0.29, 0.717) is 18.6 Å². The minimum absolute atomic E-state index is 0.236. The predicted octanol–water partition coefficient (Wildman–Crippen LogP) is 1.27. The number of hydrogen-bond acceptors (Lipinski definition) is 4. The van der Waals surface area contributed by atoms with Crippen LogP contribution < -0.4 is 11.1 Å². The molecular formula is C21H27N3O3. The van der Waals surface area contributed by atoms with Gasteiger partial charge in [-0.2, -0.15) is 0 Å². The highest BCUT2D eigenvalue weighted by Gasteiger charge is 2.45. The topological polar surface area (TPSA) is 84.7 Å². The number of rotatable bonds is 6. The number of primary amides is 1. The second kappa shape index (κ2) is 7.60. The molecule has 3 N–H and O–H groups in total. The predicted molar refractivity (Wildman–Crippen MR) is 101 cm³/mol. The van der Waals surface area contributed by atoms with Gasteiger partial charge in [0.25, 0.3) is 5.91 Å². The van der Waals surface area contributed by atoms with Crippen LogP contribution in [0.15, 0.2) is 24.3 Å². The minimum atomic E-state index is -0.850. The second-order valence-corrected chi connectivity index (χ2v) is 7.94. The van der Waals surface area contributed by atoms with Gasteiger partial charge in [0.05, 0.1) is 6.04 Å². The van der Waals surface area contributed by atoms with Crippen LogP contribution in [0.1, 0.15) is 48.0 Å². The van der Waals surface area contributed by atoms with E-state index in [9.17, 15) is 9.59 Å². The number of amides is 2. The molecule has 2 aliphatic heterocycles. The number of nitrogens with two attached hydrogens (primary N) is 1. The van der Waals surface area contributed by atoms with Gasteiger partial charge in [-0.1, -0.05) is 12.1 Å². The van der Waals surface area contributed by atoms with Gasteiger partial charge in [-0.3, -0.25) is 9.59 Å². The molecule has 3 fully saturated rings. The van der Waals surface area contributed by atoms with Gasteiger partial charge in [0.1, 0.15) is 0 Å². The molecule has 4 rings (SSSR count). The molecule has 144 valence electrons. The van der Waals surface area contributed by atoms with Gasteiger partial charge in [-0.25, -0.2) is 0 Å². The molecule has 27 heavy (non-hydrogen) atoms. The molecule has 6 nitrogen and oxygen atoms in total. The maximum absolute atomic E-state index is 12.6. The zero-order valence-electron chi connectivity index (χ0n) is 15.6. The van der Waals surface area contributed by atoms with Gasteiger partial charge < -0.3 is 20.7 Å². The second-order valence-electron chi connectivity index (χ2n) is 7.94. The van der Waals surface area contributed by atoms with Crippen molar-refractivity contribution in [3.05, 3.63) is 41.8 Å². The van der Waals surface area contributed by atoms with E-state index >= 15 is 0 Å². The van der Waals surface area contributed by atoms with Crippen LogP contribution in [0.4, 0.5) is 0 Å². The molecule has 1 aromatic rings. The fourth-order valence-electron chi connectivity index (χ4n) is 4.23. The summed E-state index contributed by atoms with van der Waals surface area (Å²) in [6.07, 6.45) is 7.84. The largest absolute Gasteiger partial charge is 0.367 e. The van der Waals surface area contributed by atoms with Gasteiger partial charge in [0, 0.05) is 30.6 Å². The van der Waals surface area contributed by atoms with E-state index < -0.39 is 18.1 Å². The molecule has 0 bridgehead atoms. The normalized spacial score (nSPS) is 27.3. The van der Waals surface area contributed by atoms with Crippen molar-refractivity contribution < 1.29 is 14.3 Å². The van der Waals surface area contributed by atoms with Crippen molar-refractivity contribution in [1.82, 2.24) is 10.2 Å². The molecular weight excluding hydrogens is 342 g/mol. The Balaban J connectivity index is 1.39. The van der Waals surface area contributed by atoms with Gasteiger partial charge >= 0.3 is 0 Å². The van der Waals surface area contributed by atoms with Crippen molar-refractivity contribution in [2.45, 2.75) is 49.7 Å². The number of ether oxygens (including phenoxy) is 1. The number of likely N-dealkylation sites (tertiary alicyclic amines) is 1. The summed E-state index contributed by atoms with van der Waals surface area (Å²) in [6.45, 7) is 3.94. The van der Waals surface area contributed by atoms with E-state index in [4.69, 9.17) is 10.5 Å². The quantitative estimate of drug-likeness (QED) is 0.791. The first kappa shape index (κ1) is 18.4. The molecule has 2 radical (unpaired) electrons. The molecule has 6 heteroatoms. The summed E-state index contributed by atoms with van der Waals surface area (Å²) in [7, 11) is 0. The van der Waals surface area contributed by atoms with Crippen molar-refractivity contribution in [1.29, 1.82) is 0 Å². The van der Waals surface area contributed by atoms with Crippen molar-refractivity contribution in [2.75, 3.05) is 26.2 Å². The van der Waals surface area contributed by atoms with Gasteiger partial charge in [0.2, 0.25) is 5.91 Å². The third kappa shape index (κ3) is 4.01. The van der Waals surface area contributed by atoms with Crippen molar-refractivity contribution >= 4 is 11.8 Å². The molecule has 1 saturated carbocycles. The van der Waals surface area contributed by atoms with Crippen LogP contribution in [0.3, 0.4) is 0 Å². The summed E-state index contributed by atoms with van der Waals surface area (Å²) in [5.74, 6) is -0.819. The van der Waals surface area contributed by atoms with E-state index in [1.807, 2.05) is 12.1 Å². The molecule has 0 spiro atoms. The minimum Gasteiger partial charge on any atom is -0.367 e. The van der Waals surface area contributed by atoms with Crippen LogP contribution in [-0.4, -0.2) is 55.1 Å². The lowest BCUT2D eigenvalue weighted by Crippen LogP contribution is -2.53. The summed E-state index contributed by atoms with van der Waals surface area (Å²) in [5.41, 5.74) is 7.52. The number of hydrogen-bond donors (Lipinski definition) is 2. The number of carbonyl (C=O) groups excluding carboxylic acids is 2. The first-order chi connectivity index (χ1) is 13.1. The highest BCUT2D eigenvalue weighted by Crippen LogP contribution is 2.49. The molecule has 2 heterocycles. The first-order valence-corrected chi connectivity index (χ1v) is 9.85. The summed E-state index contributed by atoms with van der Waals surface area (Å²) in [5, 5.41) is 2.82. The van der Waals surface area contributed by atoms with E-state index in [2.05, 4.69) is 28.8 Å². The lowest BCUT2D eigenvalue weighted by Gasteiger charge is -2.29. The highest BCUT2D eigenvalue weighted by molar-refractivity contribution is 5.95. The Kier molecular flexibility index (Phi) is 5.19. The SMILES string of the molecule is NC(=O)C1OCC[C]C1NC(=O)c1ccc(C2(CN3CCCC3)CC2)cc1. The van der Waals surface area contributed by atoms with E-state index in [1.165, 1.54) is 44.3 Å². The standard InChI is InChI=1S/C21H27N3O3/c22-19(25)18-17(4-3-13-27-18)23-20(26)15-5-7-16(8-6-15)21(9-10-21)14-24-11-1-2-12-24/h5-8,17-18H,1-3,9-14H2,(H2,22,25)(H,23,26). The molecule has 3 aliphatic rings. The van der Waals surface area contributed by atoms with Crippen LogP contribution in [0.5, 0.6) is 0 Å². The Morgan fingerprint density at radius 3 is 2.56 bits per heavy atom. The van der Waals surface area contributed by atoms with Crippen molar-refractivity contribution in [2.24, 2.45) is 5.73 Å². The molecule has 2 atom stereocenters. The Morgan fingerprint density at radius 2 is 1.93 bits per heavy atom. The summed E-state index contributed by atoms with van der Waals surface area (Å²) in [6, 6.07) is 7.30. The Labute approximate surface area is 160 Å². The molecule has 1 aliphatic carbocycles. The fourth-order valence-corrected chi connectivity index (χ4v) is 4.23. The number of carbonyl (C=O) groups is 2. The van der Waals surface area contributed by atoms with Crippen LogP contribution in [0.2, 0.25) is 0 Å². The Bertz CT molecular complexity index is 693. The molecule has 0 aromatic heterocycles. The number of nitrogens with one attached hydrogen (secondary N) is 1. The highest BCUT2D eigenvalue weighted by atomic mass is 16.5. The van der Waals surface area contributed by atoms with Crippen LogP contribution in [-0.2, 0) is 14.9 Å². The molecule has 2 amide bonds. The maximum atomic E-state index is 12.6. The molecule has 1 aromatic carbocycles. The van der Waals surface area contributed by atoms with Crippen LogP contribution in [0, 0.1) is 6.42 Å². The Morgan fingerprint density at radius 1 is 1.22 bits per heavy atom. The smallest absolute Gasteiger partial charge is 0.251 e. The van der Waals surface area contributed by atoms with E-state index in [1.54, 1.807) is 0 Å². The third-order valence-corrected chi connectivity index (χ3v) is 5.97. The zero-order chi connectivity index (χ0) is 18.9. The van der Waals surface area contributed by atoms with Gasteiger partial charge in [-0.15, -0.1) is 0 Å². The maximum Gasteiger partial charge on any atom is 0.251 e. The average molecular weight is 369 g/mol. The monoisotopic (exact) mass is 369 g/mol. The van der Waals surface area contributed by atoms with Crippen LogP contribution >= 0.6 is 0 Å². The number of benzene rings is 1. The van der Waals surface area contributed by atoms with E-state index in [0.717, 1.165) is 6.54 Å². The van der Waals surface area contributed by atoms with Gasteiger partial charge in [0.15, 0.2) is 6.10 Å². The Hall–Kier alpha value is -1.92. The zero-order valence-corrected chi connectivity index (χ0v) is 15.6. The first-order valence-electron chi connectivity index (χ1n) is 9.85. The average Bonchev–Trinajstić information content (AvgIpc) is 3.27. The van der Waals surface area contributed by atoms with Gasteiger partial charge in [-0.05, 0) is 62.9 Å². The lowest BCUT2D eigenvalue weighted by molar-refractivity contribution is -0.132. The van der Waals surface area contributed by atoms with E-state index in [-0.39, 0.29) is 11.3 Å². The van der Waals surface area contributed by atoms with Crippen molar-refractivity contribution in [3.63, 3.8) is 0 Å². The fraction of sp³-hybridized carbons (Fsp3) is 0.571. The summed E-state index contributed by atoms with van der Waals surface area (Å²) >= 11 is 0. The molecule has 2 unspecified atom stereocenters. The summed E-state index contributed by atoms with van der Waals surface area (Å²) < 4.78 is 5.37. The third-order valence-electron chi connectivity index (χ3n) is 5.97. The lowest BCUT2D eigenvalue weighted by atomic mass is 9.94. The number of nitrogens with zero attached hydrogens (tertiary/aromatic N) is 1. The summed E-state index contributed by atoms with van der Waals surface area (Å²) in [4.78, 5) is 26.6. The van der Waals surface area contributed by atoms with Crippen LogP contribution in [0.25, 0.3) is 0 Å².